The zero-order valence-corrected chi connectivity index (χ0v) is 13.5. The van der Waals surface area contributed by atoms with E-state index >= 15 is 0 Å². The van der Waals surface area contributed by atoms with Gasteiger partial charge in [-0.2, -0.15) is 0 Å². The Bertz CT molecular complexity index is 606. The topological polar surface area (TPSA) is 29.5 Å². The number of benzene rings is 2. The first-order valence-corrected chi connectivity index (χ1v) is 8.14. The van der Waals surface area contributed by atoms with Gasteiger partial charge in [-0.05, 0) is 36.0 Å². The lowest BCUT2D eigenvalue weighted by Crippen LogP contribution is -1.93. The van der Waals surface area contributed by atoms with Crippen LogP contribution in [0.2, 0.25) is 0 Å². The van der Waals surface area contributed by atoms with Gasteiger partial charge in [-0.3, -0.25) is 0 Å². The molecule has 120 valence electrons. The number of aliphatic hydroxyl groups excluding tert-OH is 1. The highest BCUT2D eigenvalue weighted by atomic mass is 16.5. The Morgan fingerprint density at radius 3 is 2.26 bits per heavy atom. The molecule has 0 amide bonds. The van der Waals surface area contributed by atoms with Crippen molar-refractivity contribution >= 4 is 0 Å². The molecule has 0 radical (unpaired) electrons. The number of hydrogen-bond acceptors (Lipinski definition) is 2. The number of aryl methyl sites for hydroxylation is 1. The van der Waals surface area contributed by atoms with Crippen LogP contribution < -0.4 is 0 Å². The average Bonchev–Trinajstić information content (AvgIpc) is 2.61. The summed E-state index contributed by atoms with van der Waals surface area (Å²) in [5, 5.41) is 8.98. The van der Waals surface area contributed by atoms with Gasteiger partial charge in [0, 0.05) is 6.42 Å². The normalized spacial score (nSPS) is 10.1. The lowest BCUT2D eigenvalue weighted by Gasteiger charge is -2.02. The highest BCUT2D eigenvalue weighted by Crippen LogP contribution is 2.06. The lowest BCUT2D eigenvalue weighted by atomic mass is 10.1. The van der Waals surface area contributed by atoms with Gasteiger partial charge in [0.15, 0.2) is 0 Å². The molecule has 0 atom stereocenters. The molecule has 2 aromatic carbocycles. The second-order valence-corrected chi connectivity index (χ2v) is 5.51. The van der Waals surface area contributed by atoms with Crippen molar-refractivity contribution in [1.82, 2.24) is 0 Å². The van der Waals surface area contributed by atoms with Crippen molar-refractivity contribution in [1.29, 1.82) is 0 Å². The standard InChI is InChI=1S/C21H24O2/c22-17-20-12-14-21(15-13-20)18-23-16-8-3-1-2-5-9-19-10-6-4-7-11-19/h4,6-7,10-15,22H,1-2,5,9,16-18H2. The fourth-order valence-corrected chi connectivity index (χ4v) is 2.29. The molecule has 0 heterocycles. The summed E-state index contributed by atoms with van der Waals surface area (Å²) in [6.07, 6.45) is 4.37. The molecule has 0 aliphatic carbocycles. The van der Waals surface area contributed by atoms with Gasteiger partial charge >= 0.3 is 0 Å². The number of unbranched alkanes of at least 4 members (excludes halogenated alkanes) is 2. The zero-order valence-electron chi connectivity index (χ0n) is 13.5. The maximum atomic E-state index is 8.98. The quantitative estimate of drug-likeness (QED) is 0.587. The van der Waals surface area contributed by atoms with Gasteiger partial charge in [-0.15, -0.1) is 5.92 Å². The van der Waals surface area contributed by atoms with Crippen LogP contribution in [0.3, 0.4) is 0 Å². The van der Waals surface area contributed by atoms with Gasteiger partial charge in [0.2, 0.25) is 0 Å². The Hall–Kier alpha value is -2.08. The van der Waals surface area contributed by atoms with Crippen molar-refractivity contribution in [3.05, 3.63) is 71.3 Å². The van der Waals surface area contributed by atoms with Crippen LogP contribution >= 0.6 is 0 Å². The molecule has 2 aromatic rings. The van der Waals surface area contributed by atoms with E-state index < -0.39 is 0 Å². The van der Waals surface area contributed by atoms with E-state index in [1.165, 1.54) is 12.0 Å². The molecule has 0 bridgehead atoms. The van der Waals surface area contributed by atoms with Crippen molar-refractivity contribution in [3.63, 3.8) is 0 Å². The Labute approximate surface area is 139 Å². The van der Waals surface area contributed by atoms with Crippen molar-refractivity contribution in [2.75, 3.05) is 6.61 Å². The maximum Gasteiger partial charge on any atom is 0.108 e. The van der Waals surface area contributed by atoms with Gasteiger partial charge in [-0.25, -0.2) is 0 Å². The minimum atomic E-state index is 0.0802. The predicted octanol–water partition coefficient (Wildman–Crippen LogP) is 4.11. The Morgan fingerprint density at radius 2 is 1.52 bits per heavy atom. The Balaban J connectivity index is 1.52. The van der Waals surface area contributed by atoms with Crippen LogP contribution in [0.1, 0.15) is 36.0 Å². The molecule has 2 rings (SSSR count). The minimum absolute atomic E-state index is 0.0802. The molecule has 1 N–H and O–H groups in total. The van der Waals surface area contributed by atoms with Crippen molar-refractivity contribution in [2.45, 2.75) is 38.9 Å². The Morgan fingerprint density at radius 1 is 0.783 bits per heavy atom. The van der Waals surface area contributed by atoms with Crippen LogP contribution in [-0.2, 0) is 24.4 Å². The monoisotopic (exact) mass is 308 g/mol. The van der Waals surface area contributed by atoms with E-state index in [4.69, 9.17) is 9.84 Å². The first-order chi connectivity index (χ1) is 11.4. The number of hydrogen-bond donors (Lipinski definition) is 1. The highest BCUT2D eigenvalue weighted by molar-refractivity contribution is 5.21. The summed E-state index contributed by atoms with van der Waals surface area (Å²) in [6, 6.07) is 18.3. The average molecular weight is 308 g/mol. The van der Waals surface area contributed by atoms with E-state index in [9.17, 15) is 0 Å². The second-order valence-electron chi connectivity index (χ2n) is 5.51. The number of ether oxygens (including phenoxy) is 1. The first kappa shape index (κ1) is 17.3. The highest BCUT2D eigenvalue weighted by Gasteiger charge is 1.94. The van der Waals surface area contributed by atoms with Crippen molar-refractivity contribution < 1.29 is 9.84 Å². The van der Waals surface area contributed by atoms with Gasteiger partial charge in [0.1, 0.15) is 6.61 Å². The molecule has 0 aliphatic heterocycles. The summed E-state index contributed by atoms with van der Waals surface area (Å²) >= 11 is 0. The number of aliphatic hydroxyl groups is 1. The van der Waals surface area contributed by atoms with Gasteiger partial charge in [0.25, 0.3) is 0 Å². The molecule has 23 heavy (non-hydrogen) atoms. The molecule has 0 saturated heterocycles. The van der Waals surface area contributed by atoms with E-state index in [1.54, 1.807) is 0 Å². The molecule has 0 fully saturated rings. The summed E-state index contributed by atoms with van der Waals surface area (Å²) in [7, 11) is 0. The van der Waals surface area contributed by atoms with Crippen LogP contribution in [0.5, 0.6) is 0 Å². The number of rotatable bonds is 8. The molecule has 0 unspecified atom stereocenters. The summed E-state index contributed by atoms with van der Waals surface area (Å²) in [5.41, 5.74) is 3.42. The second kappa shape index (κ2) is 10.6. The lowest BCUT2D eigenvalue weighted by molar-refractivity contribution is 0.153. The van der Waals surface area contributed by atoms with Crippen LogP contribution in [0.15, 0.2) is 54.6 Å². The van der Waals surface area contributed by atoms with Crippen molar-refractivity contribution in [3.8, 4) is 11.8 Å². The zero-order chi connectivity index (χ0) is 16.2. The predicted molar refractivity (Wildman–Crippen MR) is 93.8 cm³/mol. The third-order valence-corrected chi connectivity index (χ3v) is 3.63. The molecular formula is C21H24O2. The SMILES string of the molecule is OCc1ccc(COCC#CCCCCc2ccccc2)cc1. The van der Waals surface area contributed by atoms with Gasteiger partial charge in [0.05, 0.1) is 13.2 Å². The van der Waals surface area contributed by atoms with Crippen LogP contribution in [0, 0.1) is 11.8 Å². The van der Waals surface area contributed by atoms with Gasteiger partial charge in [-0.1, -0.05) is 60.5 Å². The summed E-state index contributed by atoms with van der Waals surface area (Å²) < 4.78 is 5.53. The Kier molecular flexibility index (Phi) is 7.97. The molecule has 2 nitrogen and oxygen atoms in total. The largest absolute Gasteiger partial charge is 0.392 e. The third-order valence-electron chi connectivity index (χ3n) is 3.63. The summed E-state index contributed by atoms with van der Waals surface area (Å²) in [4.78, 5) is 0. The van der Waals surface area contributed by atoms with E-state index in [0.717, 1.165) is 30.4 Å². The molecule has 0 aliphatic rings. The summed E-state index contributed by atoms with van der Waals surface area (Å²) in [5.74, 6) is 6.23. The minimum Gasteiger partial charge on any atom is -0.392 e. The van der Waals surface area contributed by atoms with Gasteiger partial charge < -0.3 is 9.84 Å². The molecule has 0 spiro atoms. The fraction of sp³-hybridized carbons (Fsp3) is 0.333. The third kappa shape index (κ3) is 7.15. The van der Waals surface area contributed by atoms with Crippen LogP contribution in [-0.4, -0.2) is 11.7 Å². The van der Waals surface area contributed by atoms with Crippen molar-refractivity contribution in [2.24, 2.45) is 0 Å². The van der Waals surface area contributed by atoms with E-state index in [-0.39, 0.29) is 6.61 Å². The molecule has 0 saturated carbocycles. The fourth-order valence-electron chi connectivity index (χ4n) is 2.29. The summed E-state index contributed by atoms with van der Waals surface area (Å²) in [6.45, 7) is 1.12. The van der Waals surface area contributed by atoms with E-state index in [2.05, 4.69) is 42.2 Å². The molecule has 2 heteroatoms. The van der Waals surface area contributed by atoms with E-state index in [1.807, 2.05) is 24.3 Å². The van der Waals surface area contributed by atoms with Crippen LogP contribution in [0.25, 0.3) is 0 Å². The van der Waals surface area contributed by atoms with E-state index in [0.29, 0.717) is 13.2 Å². The van der Waals surface area contributed by atoms with Crippen LogP contribution in [0.4, 0.5) is 0 Å². The molecule has 0 aromatic heterocycles. The first-order valence-electron chi connectivity index (χ1n) is 8.14. The smallest absolute Gasteiger partial charge is 0.108 e. The molecular weight excluding hydrogens is 284 g/mol. The maximum absolute atomic E-state index is 8.98.